The lowest BCUT2D eigenvalue weighted by Crippen LogP contribution is -2.17. The number of hydrogen-bond acceptors (Lipinski definition) is 3. The average molecular weight is 296 g/mol. The van der Waals surface area contributed by atoms with Crippen molar-refractivity contribution in [1.29, 1.82) is 0 Å². The van der Waals surface area contributed by atoms with E-state index in [4.69, 9.17) is 0 Å². The minimum absolute atomic E-state index is 0.300. The lowest BCUT2D eigenvalue weighted by atomic mass is 9.88. The topological polar surface area (TPSA) is 69.1 Å². The number of rotatable bonds is 1. The second-order valence-electron chi connectivity index (χ2n) is 5.30. The minimum atomic E-state index is -0.939. The summed E-state index contributed by atoms with van der Waals surface area (Å²) < 4.78 is 13.9. The minimum Gasteiger partial charge on any atom is -0.382 e. The van der Waals surface area contributed by atoms with E-state index >= 15 is 0 Å². The lowest BCUT2D eigenvalue weighted by molar-refractivity contribution is 0.168. The van der Waals surface area contributed by atoms with Crippen molar-refractivity contribution in [2.75, 3.05) is 0 Å². The number of imidazole rings is 1. The zero-order valence-corrected chi connectivity index (χ0v) is 11.5. The second-order valence-corrected chi connectivity index (χ2v) is 5.30. The molecule has 0 saturated heterocycles. The molecule has 1 aliphatic carbocycles. The molecule has 0 fully saturated rings. The van der Waals surface area contributed by atoms with E-state index in [1.165, 1.54) is 6.07 Å². The van der Waals surface area contributed by atoms with Crippen molar-refractivity contribution >= 4 is 0 Å². The summed E-state index contributed by atoms with van der Waals surface area (Å²) in [7, 11) is 0. The van der Waals surface area contributed by atoms with Crippen LogP contribution in [-0.4, -0.2) is 20.2 Å². The van der Waals surface area contributed by atoms with Crippen molar-refractivity contribution in [2.45, 2.75) is 12.2 Å². The summed E-state index contributed by atoms with van der Waals surface area (Å²) in [6.07, 6.45) is -1.85. The number of H-pyrrole nitrogens is 1. The molecule has 0 saturated carbocycles. The van der Waals surface area contributed by atoms with E-state index in [2.05, 4.69) is 9.97 Å². The van der Waals surface area contributed by atoms with E-state index in [0.717, 1.165) is 0 Å². The van der Waals surface area contributed by atoms with E-state index in [-0.39, 0.29) is 0 Å². The molecular weight excluding hydrogens is 283 g/mol. The smallest absolute Gasteiger partial charge is 0.141 e. The molecule has 0 bridgehead atoms. The Kier molecular flexibility index (Phi) is 2.85. The van der Waals surface area contributed by atoms with Crippen LogP contribution in [0, 0.1) is 5.82 Å². The molecule has 2 unspecified atom stereocenters. The molecule has 22 heavy (non-hydrogen) atoms. The van der Waals surface area contributed by atoms with Gasteiger partial charge in [0, 0.05) is 0 Å². The molecule has 0 amide bonds. The van der Waals surface area contributed by atoms with Crippen LogP contribution < -0.4 is 0 Å². The maximum absolute atomic E-state index is 13.9. The summed E-state index contributed by atoms with van der Waals surface area (Å²) in [5.74, 6) is -0.107. The third kappa shape index (κ3) is 1.80. The van der Waals surface area contributed by atoms with Crippen LogP contribution in [-0.2, 0) is 0 Å². The first-order valence-corrected chi connectivity index (χ1v) is 6.96. The van der Waals surface area contributed by atoms with Crippen molar-refractivity contribution in [3.05, 3.63) is 76.9 Å². The molecule has 4 rings (SSSR count). The standard InChI is InChI=1S/C17H13FN2O2/c18-12-8-4-3-7-11(12)17-19-13-14(20-17)16(22)10-6-2-1-5-9(10)15(13)21/h1-8,15-16,21-22H,(H,19,20). The highest BCUT2D eigenvalue weighted by atomic mass is 19.1. The molecule has 4 nitrogen and oxygen atoms in total. The monoisotopic (exact) mass is 296 g/mol. The fraction of sp³-hybridized carbons (Fsp3) is 0.118. The number of halogens is 1. The Bertz CT molecular complexity index is 813. The van der Waals surface area contributed by atoms with Crippen LogP contribution in [0.3, 0.4) is 0 Å². The molecule has 0 radical (unpaired) electrons. The fourth-order valence-electron chi connectivity index (χ4n) is 2.91. The van der Waals surface area contributed by atoms with Gasteiger partial charge in [-0.1, -0.05) is 36.4 Å². The number of hydrogen-bond donors (Lipinski definition) is 3. The number of aromatic nitrogens is 2. The molecule has 0 aliphatic heterocycles. The zero-order chi connectivity index (χ0) is 15.3. The third-order valence-electron chi connectivity index (χ3n) is 4.01. The van der Waals surface area contributed by atoms with Gasteiger partial charge in [0.15, 0.2) is 0 Å². The Hall–Kier alpha value is -2.50. The number of aromatic amines is 1. The van der Waals surface area contributed by atoms with Crippen LogP contribution in [0.15, 0.2) is 48.5 Å². The van der Waals surface area contributed by atoms with E-state index in [0.29, 0.717) is 33.9 Å². The summed E-state index contributed by atoms with van der Waals surface area (Å²) >= 11 is 0. The van der Waals surface area contributed by atoms with Crippen LogP contribution in [0.2, 0.25) is 0 Å². The van der Waals surface area contributed by atoms with Gasteiger partial charge in [0.2, 0.25) is 0 Å². The quantitative estimate of drug-likeness (QED) is 0.646. The predicted molar refractivity (Wildman–Crippen MR) is 78.5 cm³/mol. The van der Waals surface area contributed by atoms with Gasteiger partial charge in [0.05, 0.1) is 17.0 Å². The molecule has 1 heterocycles. The summed E-state index contributed by atoms with van der Waals surface area (Å²) in [6, 6.07) is 13.4. The lowest BCUT2D eigenvalue weighted by Gasteiger charge is -2.24. The van der Waals surface area contributed by atoms with Crippen molar-refractivity contribution in [1.82, 2.24) is 9.97 Å². The highest BCUT2D eigenvalue weighted by molar-refractivity contribution is 5.59. The van der Waals surface area contributed by atoms with Gasteiger partial charge in [0.25, 0.3) is 0 Å². The molecule has 2 atom stereocenters. The Morgan fingerprint density at radius 1 is 0.909 bits per heavy atom. The summed E-state index contributed by atoms with van der Waals surface area (Å²) in [5.41, 5.74) is 2.30. The highest BCUT2D eigenvalue weighted by Crippen LogP contribution is 2.40. The molecule has 1 aromatic heterocycles. The Balaban J connectivity index is 1.89. The predicted octanol–water partition coefficient (Wildman–Crippen LogP) is 2.69. The fourth-order valence-corrected chi connectivity index (χ4v) is 2.91. The first kappa shape index (κ1) is 13.2. The van der Waals surface area contributed by atoms with Crippen molar-refractivity contribution < 1.29 is 14.6 Å². The zero-order valence-electron chi connectivity index (χ0n) is 11.5. The van der Waals surface area contributed by atoms with Crippen LogP contribution in [0.1, 0.15) is 34.7 Å². The second kappa shape index (κ2) is 4.76. The number of nitrogens with one attached hydrogen (secondary N) is 1. The summed E-state index contributed by atoms with van der Waals surface area (Å²) in [5, 5.41) is 21.0. The Labute approximate surface area is 125 Å². The molecule has 0 spiro atoms. The van der Waals surface area contributed by atoms with Crippen LogP contribution in [0.4, 0.5) is 4.39 Å². The van der Waals surface area contributed by atoms with Gasteiger partial charge >= 0.3 is 0 Å². The van der Waals surface area contributed by atoms with Gasteiger partial charge in [-0.15, -0.1) is 0 Å². The number of benzene rings is 2. The molecule has 110 valence electrons. The van der Waals surface area contributed by atoms with Crippen molar-refractivity contribution in [3.8, 4) is 11.4 Å². The summed E-state index contributed by atoms with van der Waals surface area (Å²) in [6.45, 7) is 0. The van der Waals surface area contributed by atoms with E-state index in [9.17, 15) is 14.6 Å². The normalized spacial score (nSPS) is 19.6. The molecule has 5 heteroatoms. The largest absolute Gasteiger partial charge is 0.382 e. The third-order valence-corrected chi connectivity index (χ3v) is 4.01. The van der Waals surface area contributed by atoms with Crippen molar-refractivity contribution in [2.24, 2.45) is 0 Å². The van der Waals surface area contributed by atoms with Crippen LogP contribution in [0.25, 0.3) is 11.4 Å². The van der Waals surface area contributed by atoms with E-state index in [1.54, 1.807) is 42.5 Å². The van der Waals surface area contributed by atoms with Gasteiger partial charge in [0.1, 0.15) is 23.8 Å². The number of aliphatic hydroxyl groups is 2. The maximum Gasteiger partial charge on any atom is 0.141 e. The average Bonchev–Trinajstić information content (AvgIpc) is 2.98. The molecular formula is C17H13FN2O2. The van der Waals surface area contributed by atoms with E-state index in [1.807, 2.05) is 0 Å². The Morgan fingerprint density at radius 2 is 1.55 bits per heavy atom. The van der Waals surface area contributed by atoms with Gasteiger partial charge in [-0.25, -0.2) is 9.37 Å². The molecule has 3 aromatic rings. The van der Waals surface area contributed by atoms with Gasteiger partial charge in [-0.2, -0.15) is 0 Å². The SMILES string of the molecule is OC1c2ccccc2C(O)c2[nH]c(-c3ccccc3F)nc21. The Morgan fingerprint density at radius 3 is 2.27 bits per heavy atom. The van der Waals surface area contributed by atoms with E-state index < -0.39 is 18.0 Å². The number of aliphatic hydroxyl groups excluding tert-OH is 2. The highest BCUT2D eigenvalue weighted by Gasteiger charge is 2.33. The first-order valence-electron chi connectivity index (χ1n) is 6.96. The van der Waals surface area contributed by atoms with Gasteiger partial charge in [-0.05, 0) is 23.3 Å². The number of nitrogens with zero attached hydrogens (tertiary/aromatic N) is 1. The van der Waals surface area contributed by atoms with Crippen molar-refractivity contribution in [3.63, 3.8) is 0 Å². The molecule has 2 aromatic carbocycles. The molecule has 3 N–H and O–H groups in total. The van der Waals surface area contributed by atoms with Gasteiger partial charge in [-0.3, -0.25) is 0 Å². The van der Waals surface area contributed by atoms with Crippen LogP contribution >= 0.6 is 0 Å². The molecule has 1 aliphatic rings. The summed E-state index contributed by atoms with van der Waals surface area (Å²) in [4.78, 5) is 7.26. The first-order chi connectivity index (χ1) is 10.7. The maximum atomic E-state index is 13.9. The van der Waals surface area contributed by atoms with Crippen LogP contribution in [0.5, 0.6) is 0 Å². The number of fused-ring (bicyclic) bond motifs is 2. The van der Waals surface area contributed by atoms with Gasteiger partial charge < -0.3 is 15.2 Å².